The molecule has 0 radical (unpaired) electrons. The molecule has 2 bridgehead atoms. The summed E-state index contributed by atoms with van der Waals surface area (Å²) in [4.78, 5) is 45.8. The number of carbonyl (C=O) groups excluding carboxylic acids is 2. The fraction of sp³-hybridized carbons (Fsp3) is 0.475. The second kappa shape index (κ2) is 12.7. The second-order valence-electron chi connectivity index (χ2n) is 15.7. The van der Waals surface area contributed by atoms with Crippen molar-refractivity contribution in [1.29, 1.82) is 0 Å². The largest absolute Gasteiger partial charge is 0.508 e. The van der Waals surface area contributed by atoms with Gasteiger partial charge in [-0.25, -0.2) is 13.2 Å². The molecule has 2 aromatic carbocycles. The topological polar surface area (TPSA) is 121 Å². The first kappa shape index (κ1) is 34.6. The van der Waals surface area contributed by atoms with E-state index < -0.39 is 35.4 Å². The van der Waals surface area contributed by atoms with E-state index in [0.717, 1.165) is 32.2 Å². The summed E-state index contributed by atoms with van der Waals surface area (Å²) in [6.45, 7) is 5.75. The van der Waals surface area contributed by atoms with Crippen molar-refractivity contribution in [3.8, 4) is 35.4 Å². The summed E-state index contributed by atoms with van der Waals surface area (Å²) in [7, 11) is 0. The summed E-state index contributed by atoms with van der Waals surface area (Å²) in [5.74, 6) is -0.0805. The maximum atomic E-state index is 17.1. The van der Waals surface area contributed by atoms with Crippen molar-refractivity contribution in [2.45, 2.75) is 75.8 Å². The van der Waals surface area contributed by atoms with Crippen LogP contribution in [0.5, 0.6) is 11.8 Å². The number of nitrogens with zero attached hydrogens (tertiary/aromatic N) is 6. The van der Waals surface area contributed by atoms with E-state index in [2.05, 4.69) is 20.8 Å². The maximum Gasteiger partial charge on any atom is 0.319 e. The number of hydrogen-bond donors (Lipinski definition) is 1. The summed E-state index contributed by atoms with van der Waals surface area (Å²) >= 11 is 0. The molecule has 5 fully saturated rings. The van der Waals surface area contributed by atoms with Crippen molar-refractivity contribution in [3.05, 3.63) is 47.7 Å². The van der Waals surface area contributed by atoms with Crippen LogP contribution < -0.4 is 9.64 Å². The molecule has 1 N–H and O–H groups in total. The Kier molecular flexibility index (Phi) is 8.15. The van der Waals surface area contributed by atoms with Crippen LogP contribution in [0, 0.1) is 35.8 Å². The third kappa shape index (κ3) is 5.33. The Morgan fingerprint density at radius 3 is 2.67 bits per heavy atom. The Bertz CT molecular complexity index is 2270. The van der Waals surface area contributed by atoms with Gasteiger partial charge in [0.1, 0.15) is 47.3 Å². The van der Waals surface area contributed by atoms with Crippen molar-refractivity contribution >= 4 is 39.4 Å². The minimum absolute atomic E-state index is 0.0388. The molecule has 5 saturated heterocycles. The van der Waals surface area contributed by atoms with Gasteiger partial charge in [-0.2, -0.15) is 9.97 Å². The zero-order chi connectivity index (χ0) is 37.6. The van der Waals surface area contributed by atoms with E-state index in [1.807, 2.05) is 23.6 Å². The minimum Gasteiger partial charge on any atom is -0.508 e. The number of terminal acetylenes is 1. The number of amides is 1. The lowest BCUT2D eigenvalue weighted by Crippen LogP contribution is -2.63. The maximum absolute atomic E-state index is 17.1. The van der Waals surface area contributed by atoms with Gasteiger partial charge in [0.15, 0.2) is 11.9 Å². The van der Waals surface area contributed by atoms with Crippen LogP contribution in [0.3, 0.4) is 0 Å². The molecule has 5 aliphatic heterocycles. The van der Waals surface area contributed by atoms with Gasteiger partial charge in [0, 0.05) is 55.3 Å². The molecule has 14 heteroatoms. The van der Waals surface area contributed by atoms with Gasteiger partial charge >= 0.3 is 12.0 Å². The molecule has 6 atom stereocenters. The quantitative estimate of drug-likeness (QED) is 0.202. The van der Waals surface area contributed by atoms with Crippen LogP contribution in [-0.4, -0.2) is 104 Å². The number of phenolic OH excluding ortho intramolecular Hbond substituents is 1. The summed E-state index contributed by atoms with van der Waals surface area (Å²) in [5, 5.41) is 11.5. The van der Waals surface area contributed by atoms with Crippen LogP contribution in [0.1, 0.15) is 51.5 Å². The Labute approximate surface area is 309 Å². The van der Waals surface area contributed by atoms with Gasteiger partial charge < -0.3 is 24.4 Å². The third-order valence-electron chi connectivity index (χ3n) is 12.2. The SMILES string of the molecule is C#Cc1c(F)ccc2cc(O)cc(-c3ncc4c(N5CC6CCC(C5)N6C(=O)[C@@H]5OC(=O)[C@@H]5C(C)C)nc(OC[C@@]56CCCN5C[C@H](F)C6)nc4c3F)c12. The van der Waals surface area contributed by atoms with E-state index in [9.17, 15) is 23.5 Å². The summed E-state index contributed by atoms with van der Waals surface area (Å²) in [6.07, 6.45) is 8.80. The number of aromatic nitrogens is 3. The Balaban J connectivity index is 1.12. The number of phenols is 1. The average Bonchev–Trinajstić information content (AvgIpc) is 3.75. The number of aromatic hydroxyl groups is 1. The number of halogens is 3. The highest BCUT2D eigenvalue weighted by Gasteiger charge is 2.54. The fourth-order valence-corrected chi connectivity index (χ4v) is 9.65. The van der Waals surface area contributed by atoms with Crippen LogP contribution >= 0.6 is 0 Å². The molecule has 9 rings (SSSR count). The number of piperazine rings is 1. The van der Waals surface area contributed by atoms with E-state index in [4.69, 9.17) is 20.9 Å². The summed E-state index contributed by atoms with van der Waals surface area (Å²) < 4.78 is 58.3. The third-order valence-corrected chi connectivity index (χ3v) is 12.2. The number of carbonyl (C=O) groups is 2. The van der Waals surface area contributed by atoms with Gasteiger partial charge in [0.2, 0.25) is 0 Å². The fourth-order valence-electron chi connectivity index (χ4n) is 9.65. The molecule has 2 unspecified atom stereocenters. The number of anilines is 1. The first-order chi connectivity index (χ1) is 26.0. The number of esters is 1. The Hall–Kier alpha value is -5.16. The van der Waals surface area contributed by atoms with E-state index >= 15 is 4.39 Å². The zero-order valence-electron chi connectivity index (χ0n) is 29.9. The predicted octanol–water partition coefficient (Wildman–Crippen LogP) is 5.14. The van der Waals surface area contributed by atoms with Crippen LogP contribution in [0.2, 0.25) is 0 Å². The molecular formula is C40H39F3N6O5. The molecule has 4 aromatic rings. The zero-order valence-corrected chi connectivity index (χ0v) is 29.9. The molecule has 5 aliphatic rings. The average molecular weight is 741 g/mol. The number of ether oxygens (including phenoxy) is 2. The summed E-state index contributed by atoms with van der Waals surface area (Å²) in [6, 6.07) is 4.83. The van der Waals surface area contributed by atoms with E-state index in [1.54, 1.807) is 0 Å². The number of fused-ring (bicyclic) bond motifs is 5. The molecular weight excluding hydrogens is 701 g/mol. The standard InChI is InChI=1S/C40H39F3N6O5/c1-4-26-29(42)9-6-21-12-25(50)13-27(31(21)26)33-32(43)34-28(15-44-33)36(46-39(45-34)53-19-40-10-5-11-48(40)16-22(41)14-40)47-17-23-7-8-24(18-47)49(23)37(51)35-30(20(2)3)38(52)54-35/h1,6,9,12-13,15,20,22-24,30,35,50H,5,7-8,10-11,14,16-19H2,2-3H3/t22-,23?,24?,30-,35-,40+/m1/s1. The van der Waals surface area contributed by atoms with Gasteiger partial charge in [-0.05, 0) is 61.7 Å². The van der Waals surface area contributed by atoms with Gasteiger partial charge in [-0.1, -0.05) is 25.8 Å². The monoisotopic (exact) mass is 740 g/mol. The van der Waals surface area contributed by atoms with Gasteiger partial charge in [-0.15, -0.1) is 6.42 Å². The number of benzene rings is 2. The Morgan fingerprint density at radius 2 is 1.94 bits per heavy atom. The number of rotatable bonds is 7. The lowest BCUT2D eigenvalue weighted by atomic mass is 9.85. The van der Waals surface area contributed by atoms with Gasteiger partial charge in [0.05, 0.1) is 16.5 Å². The van der Waals surface area contributed by atoms with E-state index in [1.165, 1.54) is 30.5 Å². The highest BCUT2D eigenvalue weighted by Crippen LogP contribution is 2.43. The first-order valence-electron chi connectivity index (χ1n) is 18.5. The normalized spacial score (nSPS) is 27.7. The number of cyclic esters (lactones) is 1. The molecule has 0 spiro atoms. The van der Waals surface area contributed by atoms with Crippen molar-refractivity contribution < 1.29 is 37.3 Å². The molecule has 11 nitrogen and oxygen atoms in total. The molecule has 280 valence electrons. The first-order valence-corrected chi connectivity index (χ1v) is 18.5. The molecule has 54 heavy (non-hydrogen) atoms. The summed E-state index contributed by atoms with van der Waals surface area (Å²) in [5.41, 5.74) is -0.847. The molecule has 1 amide bonds. The van der Waals surface area contributed by atoms with Crippen LogP contribution in [0.25, 0.3) is 32.9 Å². The Morgan fingerprint density at radius 1 is 1.17 bits per heavy atom. The molecule has 7 heterocycles. The predicted molar refractivity (Wildman–Crippen MR) is 192 cm³/mol. The minimum atomic E-state index is -0.975. The highest BCUT2D eigenvalue weighted by molar-refractivity contribution is 6.03. The second-order valence-corrected chi connectivity index (χ2v) is 15.7. The number of pyridine rings is 1. The van der Waals surface area contributed by atoms with Gasteiger partial charge in [0.25, 0.3) is 5.91 Å². The smallest absolute Gasteiger partial charge is 0.319 e. The van der Waals surface area contributed by atoms with Crippen molar-refractivity contribution in [3.63, 3.8) is 0 Å². The van der Waals surface area contributed by atoms with E-state index in [0.29, 0.717) is 37.3 Å². The van der Waals surface area contributed by atoms with Gasteiger partial charge in [-0.3, -0.25) is 19.5 Å². The lowest BCUT2D eigenvalue weighted by molar-refractivity contribution is -0.197. The van der Waals surface area contributed by atoms with Crippen LogP contribution in [0.15, 0.2) is 30.5 Å². The number of hydrogen-bond acceptors (Lipinski definition) is 10. The van der Waals surface area contributed by atoms with Crippen molar-refractivity contribution in [1.82, 2.24) is 24.8 Å². The highest BCUT2D eigenvalue weighted by atomic mass is 19.1. The van der Waals surface area contributed by atoms with Crippen LogP contribution in [-0.2, 0) is 14.3 Å². The molecule has 0 saturated carbocycles. The van der Waals surface area contributed by atoms with Crippen LogP contribution in [0.4, 0.5) is 19.0 Å². The van der Waals surface area contributed by atoms with E-state index in [-0.39, 0.29) is 81.4 Å². The van der Waals surface area contributed by atoms with Crippen molar-refractivity contribution in [2.75, 3.05) is 37.7 Å². The molecule has 0 aliphatic carbocycles. The molecule has 2 aromatic heterocycles. The lowest BCUT2D eigenvalue weighted by Gasteiger charge is -2.45. The number of alkyl halides is 1. The van der Waals surface area contributed by atoms with Crippen molar-refractivity contribution in [2.24, 2.45) is 11.8 Å².